The van der Waals surface area contributed by atoms with Gasteiger partial charge in [-0.1, -0.05) is 33.9 Å². The van der Waals surface area contributed by atoms with Crippen molar-refractivity contribution in [2.24, 2.45) is 23.7 Å². The first-order chi connectivity index (χ1) is 14.1. The molecule has 0 radical (unpaired) electrons. The number of esters is 1. The fourth-order valence-corrected chi connectivity index (χ4v) is 5.91. The highest BCUT2D eigenvalue weighted by atomic mass is 17.1. The standard InChI is InChI=1S/C24H38O6/c1-7-8-20(26)29-24(6)10-9-18(30-27)14(4)11-19-21-15(5)17(25)12-16(13(2)3)22(21)23(24)28-19/h13,16-19,21-23,25,27H,4-5,7-12H2,1-3,6H3/t16-,17+,18+,19-,21-,22-,23-,24-/m0/s1. The van der Waals surface area contributed by atoms with E-state index < -0.39 is 17.8 Å². The van der Waals surface area contributed by atoms with Crippen LogP contribution < -0.4 is 0 Å². The lowest BCUT2D eigenvalue weighted by Crippen LogP contribution is -2.52. The Kier molecular flexibility index (Phi) is 7.12. The third-order valence-electron chi connectivity index (χ3n) is 7.54. The lowest BCUT2D eigenvalue weighted by molar-refractivity contribution is -0.272. The SMILES string of the molecule is C=C1[C@@H]2[C@H]([C@H](C(C)C)C[C@H]1O)[C@@H]1O[C@H]2CC(=C)[C@H](OO)CC[C@]1(C)OC(=O)CCC. The monoisotopic (exact) mass is 422 g/mol. The van der Waals surface area contributed by atoms with Gasteiger partial charge in [-0.2, -0.15) is 0 Å². The van der Waals surface area contributed by atoms with Gasteiger partial charge in [-0.15, -0.1) is 0 Å². The Morgan fingerprint density at radius 3 is 2.67 bits per heavy atom. The van der Waals surface area contributed by atoms with Crippen molar-refractivity contribution in [3.8, 4) is 0 Å². The van der Waals surface area contributed by atoms with Gasteiger partial charge in [-0.05, 0) is 62.0 Å². The van der Waals surface area contributed by atoms with E-state index in [9.17, 15) is 15.2 Å². The van der Waals surface area contributed by atoms with E-state index in [1.807, 2.05) is 13.8 Å². The number of rotatable bonds is 5. The van der Waals surface area contributed by atoms with Crippen LogP contribution in [0.4, 0.5) is 0 Å². The van der Waals surface area contributed by atoms with E-state index in [1.165, 1.54) is 0 Å². The molecule has 0 aromatic rings. The molecule has 3 aliphatic rings. The van der Waals surface area contributed by atoms with Crippen molar-refractivity contribution in [2.45, 2.75) is 96.2 Å². The number of ether oxygens (including phenoxy) is 2. The maximum Gasteiger partial charge on any atom is 0.306 e. The second kappa shape index (κ2) is 9.11. The molecule has 6 heteroatoms. The molecule has 2 heterocycles. The normalized spacial score (nSPS) is 41.8. The van der Waals surface area contributed by atoms with Crippen molar-refractivity contribution < 1.29 is 29.5 Å². The minimum atomic E-state index is -0.860. The Balaban J connectivity index is 2.05. The largest absolute Gasteiger partial charge is 0.457 e. The summed E-state index contributed by atoms with van der Waals surface area (Å²) in [6.45, 7) is 16.6. The number of aliphatic hydroxyl groups is 1. The minimum absolute atomic E-state index is 0.0513. The van der Waals surface area contributed by atoms with Gasteiger partial charge >= 0.3 is 5.97 Å². The number of fused-ring (bicyclic) bond motifs is 5. The van der Waals surface area contributed by atoms with Crippen LogP contribution in [0.5, 0.6) is 0 Å². The van der Waals surface area contributed by atoms with Crippen molar-refractivity contribution in [3.05, 3.63) is 24.3 Å². The van der Waals surface area contributed by atoms with Crippen LogP contribution in [0.1, 0.15) is 66.2 Å². The van der Waals surface area contributed by atoms with Crippen LogP contribution >= 0.6 is 0 Å². The van der Waals surface area contributed by atoms with Gasteiger partial charge in [0.15, 0.2) is 0 Å². The van der Waals surface area contributed by atoms with E-state index in [2.05, 4.69) is 27.0 Å². The van der Waals surface area contributed by atoms with E-state index in [0.29, 0.717) is 44.4 Å². The molecule has 8 atom stereocenters. The van der Waals surface area contributed by atoms with E-state index in [0.717, 1.165) is 11.1 Å². The molecule has 170 valence electrons. The van der Waals surface area contributed by atoms with Crippen LogP contribution in [-0.2, 0) is 19.2 Å². The topological polar surface area (TPSA) is 85.2 Å². The predicted octanol–water partition coefficient (Wildman–Crippen LogP) is 4.28. The first-order valence-electron chi connectivity index (χ1n) is 11.3. The molecule has 0 amide bonds. The summed E-state index contributed by atoms with van der Waals surface area (Å²) in [6.07, 6.45) is 1.55. The Labute approximate surface area is 180 Å². The molecule has 6 nitrogen and oxygen atoms in total. The van der Waals surface area contributed by atoms with E-state index in [4.69, 9.17) is 14.4 Å². The zero-order valence-corrected chi connectivity index (χ0v) is 18.8. The van der Waals surface area contributed by atoms with Gasteiger partial charge in [-0.3, -0.25) is 10.1 Å². The summed E-state index contributed by atoms with van der Waals surface area (Å²) in [6, 6.07) is 0. The summed E-state index contributed by atoms with van der Waals surface area (Å²) in [7, 11) is 0. The molecule has 2 aliphatic heterocycles. The maximum atomic E-state index is 12.5. The van der Waals surface area contributed by atoms with Crippen LogP contribution in [0.15, 0.2) is 24.3 Å². The van der Waals surface area contributed by atoms with Gasteiger partial charge in [-0.25, -0.2) is 4.89 Å². The fourth-order valence-electron chi connectivity index (χ4n) is 5.91. The molecule has 0 aromatic heterocycles. The number of aliphatic hydroxyl groups excluding tert-OH is 1. The van der Waals surface area contributed by atoms with E-state index >= 15 is 0 Å². The van der Waals surface area contributed by atoms with Crippen molar-refractivity contribution in [2.75, 3.05) is 0 Å². The molecule has 3 fully saturated rings. The van der Waals surface area contributed by atoms with Crippen molar-refractivity contribution in [1.82, 2.24) is 0 Å². The second-order valence-electron chi connectivity index (χ2n) is 9.96. The highest BCUT2D eigenvalue weighted by Crippen LogP contribution is 2.55. The number of carbonyl (C=O) groups excluding carboxylic acids is 1. The van der Waals surface area contributed by atoms with Crippen molar-refractivity contribution in [3.63, 3.8) is 0 Å². The lowest BCUT2D eigenvalue weighted by atomic mass is 9.60. The zero-order valence-electron chi connectivity index (χ0n) is 18.8. The number of carbonyl (C=O) groups is 1. The summed E-state index contributed by atoms with van der Waals surface area (Å²) >= 11 is 0. The quantitative estimate of drug-likeness (QED) is 0.298. The Morgan fingerprint density at radius 1 is 1.37 bits per heavy atom. The Morgan fingerprint density at radius 2 is 2.07 bits per heavy atom. The van der Waals surface area contributed by atoms with Gasteiger partial charge in [0.2, 0.25) is 0 Å². The first-order valence-corrected chi connectivity index (χ1v) is 11.3. The van der Waals surface area contributed by atoms with E-state index in [1.54, 1.807) is 0 Å². The van der Waals surface area contributed by atoms with Crippen molar-refractivity contribution >= 4 is 5.97 Å². The first kappa shape index (κ1) is 23.5. The molecule has 2 N–H and O–H groups in total. The number of hydrogen-bond donors (Lipinski definition) is 2. The van der Waals surface area contributed by atoms with Gasteiger partial charge < -0.3 is 14.6 Å². The fraction of sp³-hybridized carbons (Fsp3) is 0.792. The molecule has 30 heavy (non-hydrogen) atoms. The van der Waals surface area contributed by atoms with E-state index in [-0.39, 0.29) is 35.9 Å². The van der Waals surface area contributed by atoms with Gasteiger partial charge in [0, 0.05) is 18.3 Å². The Hall–Kier alpha value is -1.21. The molecule has 0 spiro atoms. The van der Waals surface area contributed by atoms with Crippen LogP contribution in [0, 0.1) is 23.7 Å². The predicted molar refractivity (Wildman–Crippen MR) is 114 cm³/mol. The molecule has 1 aliphatic carbocycles. The van der Waals surface area contributed by atoms with Crippen LogP contribution in [0.3, 0.4) is 0 Å². The molecule has 3 rings (SSSR count). The molecular weight excluding hydrogens is 384 g/mol. The van der Waals surface area contributed by atoms with Gasteiger partial charge in [0.25, 0.3) is 0 Å². The summed E-state index contributed by atoms with van der Waals surface area (Å²) in [5.74, 6) is 0.390. The van der Waals surface area contributed by atoms with Crippen LogP contribution in [0.25, 0.3) is 0 Å². The molecular formula is C24H38O6. The minimum Gasteiger partial charge on any atom is -0.457 e. The van der Waals surface area contributed by atoms with Crippen LogP contribution in [-0.4, -0.2) is 46.3 Å². The smallest absolute Gasteiger partial charge is 0.306 e. The Bertz CT molecular complexity index is 673. The second-order valence-corrected chi connectivity index (χ2v) is 9.96. The summed E-state index contributed by atoms with van der Waals surface area (Å²) in [5, 5.41) is 20.2. The highest BCUT2D eigenvalue weighted by Gasteiger charge is 2.60. The molecule has 0 aromatic carbocycles. The highest BCUT2D eigenvalue weighted by molar-refractivity contribution is 5.69. The molecule has 0 unspecified atom stereocenters. The van der Waals surface area contributed by atoms with Crippen LogP contribution in [0.2, 0.25) is 0 Å². The average molecular weight is 423 g/mol. The third-order valence-corrected chi connectivity index (χ3v) is 7.54. The zero-order chi connectivity index (χ0) is 22.2. The summed E-state index contributed by atoms with van der Waals surface area (Å²) in [4.78, 5) is 17.3. The molecule has 2 bridgehead atoms. The van der Waals surface area contributed by atoms with Crippen molar-refractivity contribution in [1.29, 1.82) is 0 Å². The average Bonchev–Trinajstić information content (AvgIpc) is 3.06. The summed E-state index contributed by atoms with van der Waals surface area (Å²) in [5.41, 5.74) is 0.683. The third kappa shape index (κ3) is 4.24. The molecule has 1 saturated carbocycles. The number of hydrogen-bond acceptors (Lipinski definition) is 6. The van der Waals surface area contributed by atoms with Gasteiger partial charge in [0.05, 0.1) is 12.2 Å². The molecule has 2 saturated heterocycles. The lowest BCUT2D eigenvalue weighted by Gasteiger charge is -2.46. The summed E-state index contributed by atoms with van der Waals surface area (Å²) < 4.78 is 12.7. The maximum absolute atomic E-state index is 12.5. The van der Waals surface area contributed by atoms with Gasteiger partial charge in [0.1, 0.15) is 17.8 Å².